The maximum atomic E-state index is 11.7. The molecule has 0 aromatic carbocycles. The number of carboxylic acid groups (broad SMARTS) is 1. The minimum absolute atomic E-state index is 0. The minimum atomic E-state index is -1.03. The first-order chi connectivity index (χ1) is 10.6. The van der Waals surface area contributed by atoms with E-state index in [1.165, 1.54) is 11.9 Å². The van der Waals surface area contributed by atoms with Crippen LogP contribution in [0.1, 0.15) is 6.42 Å². The van der Waals surface area contributed by atoms with Gasteiger partial charge in [0.05, 0.1) is 6.42 Å². The summed E-state index contributed by atoms with van der Waals surface area (Å²) >= 11 is 0. The Balaban J connectivity index is 0.00000264. The van der Waals surface area contributed by atoms with Gasteiger partial charge in [0.25, 0.3) is 0 Å². The molecule has 0 saturated carbocycles. The van der Waals surface area contributed by atoms with Crippen molar-refractivity contribution in [3.05, 3.63) is 36.9 Å². The van der Waals surface area contributed by atoms with E-state index in [9.17, 15) is 9.59 Å². The molecular weight excluding hydrogens is 322 g/mol. The predicted octanol–water partition coefficient (Wildman–Crippen LogP) is -3.24. The minimum Gasteiger partial charge on any atom is -1.00 e. The Morgan fingerprint density at radius 3 is 2.57 bits per heavy atom. The number of halogens is 1. The van der Waals surface area contributed by atoms with Gasteiger partial charge in [0.15, 0.2) is 18.6 Å². The first-order valence-electron chi connectivity index (χ1n) is 6.65. The van der Waals surface area contributed by atoms with Crippen LogP contribution in [0, 0.1) is 0 Å². The molecule has 8 nitrogen and oxygen atoms in total. The summed E-state index contributed by atoms with van der Waals surface area (Å²) in [4.78, 5) is 31.7. The van der Waals surface area contributed by atoms with E-state index < -0.39 is 5.97 Å². The van der Waals surface area contributed by atoms with Gasteiger partial charge in [0.1, 0.15) is 12.7 Å². The van der Waals surface area contributed by atoms with Crippen LogP contribution in [0.15, 0.2) is 36.9 Å². The second kappa shape index (κ2) is 8.74. The summed E-state index contributed by atoms with van der Waals surface area (Å²) in [5.74, 6) is -0.694. The molecule has 0 bridgehead atoms. The highest BCUT2D eigenvalue weighted by Gasteiger charge is 2.15. The summed E-state index contributed by atoms with van der Waals surface area (Å²) in [7, 11) is 1.46. The smallest absolute Gasteiger partial charge is 0.323 e. The van der Waals surface area contributed by atoms with Crippen molar-refractivity contribution in [2.45, 2.75) is 13.0 Å². The van der Waals surface area contributed by atoms with Crippen LogP contribution in [-0.4, -0.2) is 50.5 Å². The fraction of sp³-hybridized carbons (Fsp3) is 0.286. The quantitative estimate of drug-likeness (QED) is 0.556. The number of aliphatic carboxylic acids is 1. The fourth-order valence-corrected chi connectivity index (χ4v) is 1.79. The summed E-state index contributed by atoms with van der Waals surface area (Å²) < 4.78 is 1.61. The number of carbonyl (C=O) groups excluding carboxylic acids is 1. The average molecular weight is 338 g/mol. The molecule has 0 aliphatic heterocycles. The number of aromatic nitrogens is 4. The number of carboxylic acids is 1. The van der Waals surface area contributed by atoms with Gasteiger partial charge in [-0.2, -0.15) is 0 Å². The number of hydrogen-bond acceptors (Lipinski definition) is 5. The Bertz CT molecular complexity index is 651. The van der Waals surface area contributed by atoms with Crippen molar-refractivity contribution in [1.82, 2.24) is 20.0 Å². The average Bonchev–Trinajstić information content (AvgIpc) is 2.53. The first kappa shape index (κ1) is 18.4. The molecule has 1 amide bonds. The zero-order valence-corrected chi connectivity index (χ0v) is 13.2. The molecule has 0 aliphatic carbocycles. The fourth-order valence-electron chi connectivity index (χ4n) is 1.79. The van der Waals surface area contributed by atoms with E-state index in [1.54, 1.807) is 35.5 Å². The molecule has 0 unspecified atom stereocenters. The van der Waals surface area contributed by atoms with Gasteiger partial charge in [-0.3, -0.25) is 9.59 Å². The SMILES string of the molecule is CN(CC(=O)O)C(=O)CC[n+]1ccc(-c2ncccn2)cn1.[Cl-]. The number of rotatable bonds is 6. The lowest BCUT2D eigenvalue weighted by Crippen LogP contribution is -3.00. The van der Waals surface area contributed by atoms with Gasteiger partial charge in [-0.1, -0.05) is 4.68 Å². The van der Waals surface area contributed by atoms with Gasteiger partial charge in [0.2, 0.25) is 5.91 Å². The van der Waals surface area contributed by atoms with Crippen LogP contribution in [0.5, 0.6) is 0 Å². The Hall–Kier alpha value is -2.61. The third-order valence-corrected chi connectivity index (χ3v) is 2.95. The second-order valence-electron chi connectivity index (χ2n) is 4.64. The highest BCUT2D eigenvalue weighted by Crippen LogP contribution is 2.09. The molecule has 0 saturated heterocycles. The van der Waals surface area contributed by atoms with Gasteiger partial charge in [-0.15, -0.1) is 0 Å². The van der Waals surface area contributed by atoms with Crippen LogP contribution in [0.25, 0.3) is 11.4 Å². The molecule has 0 fully saturated rings. The van der Waals surface area contributed by atoms with E-state index >= 15 is 0 Å². The van der Waals surface area contributed by atoms with Crippen molar-refractivity contribution in [3.8, 4) is 11.4 Å². The largest absolute Gasteiger partial charge is 1.00 e. The van der Waals surface area contributed by atoms with Crippen molar-refractivity contribution >= 4 is 11.9 Å². The monoisotopic (exact) mass is 337 g/mol. The normalized spacial score (nSPS) is 9.78. The van der Waals surface area contributed by atoms with E-state index in [0.717, 1.165) is 5.56 Å². The molecule has 2 rings (SSSR count). The molecule has 23 heavy (non-hydrogen) atoms. The van der Waals surface area contributed by atoms with Crippen molar-refractivity contribution in [2.75, 3.05) is 13.6 Å². The summed E-state index contributed by atoms with van der Waals surface area (Å²) in [6.07, 6.45) is 6.85. The summed E-state index contributed by atoms with van der Waals surface area (Å²) in [5, 5.41) is 12.8. The number of carbonyl (C=O) groups is 2. The first-order valence-corrected chi connectivity index (χ1v) is 6.65. The van der Waals surface area contributed by atoms with Gasteiger partial charge >= 0.3 is 5.97 Å². The molecule has 0 aliphatic rings. The van der Waals surface area contributed by atoms with Crippen LogP contribution in [0.2, 0.25) is 0 Å². The van der Waals surface area contributed by atoms with E-state index in [-0.39, 0.29) is 31.3 Å². The standard InChI is InChI=1S/C14H15N5O3.ClH/c1-18(10-13(21)22)12(20)4-8-19-7-3-11(9-17-19)14-15-5-2-6-16-14;/h2-3,5-7,9H,4,8,10H2,1H3;1H. The van der Waals surface area contributed by atoms with Crippen LogP contribution in [-0.2, 0) is 16.1 Å². The van der Waals surface area contributed by atoms with Gasteiger partial charge in [0, 0.05) is 31.1 Å². The predicted molar refractivity (Wildman–Crippen MR) is 75.3 cm³/mol. The maximum Gasteiger partial charge on any atom is 0.323 e. The molecule has 122 valence electrons. The number of aryl methyl sites for hydroxylation is 1. The van der Waals surface area contributed by atoms with Crippen molar-refractivity contribution in [3.63, 3.8) is 0 Å². The second-order valence-corrected chi connectivity index (χ2v) is 4.64. The zero-order valence-electron chi connectivity index (χ0n) is 12.5. The van der Waals surface area contributed by atoms with Crippen LogP contribution in [0.3, 0.4) is 0 Å². The van der Waals surface area contributed by atoms with Crippen LogP contribution < -0.4 is 17.1 Å². The van der Waals surface area contributed by atoms with Gasteiger partial charge in [-0.25, -0.2) is 9.97 Å². The van der Waals surface area contributed by atoms with E-state index in [4.69, 9.17) is 5.11 Å². The molecule has 9 heteroatoms. The lowest BCUT2D eigenvalue weighted by atomic mass is 10.3. The maximum absolute atomic E-state index is 11.7. The third kappa shape index (κ3) is 5.59. The van der Waals surface area contributed by atoms with Crippen molar-refractivity contribution < 1.29 is 31.8 Å². The molecule has 0 radical (unpaired) electrons. The number of amides is 1. The molecule has 0 atom stereocenters. The zero-order chi connectivity index (χ0) is 15.9. The molecular formula is C14H16ClN5O3. The van der Waals surface area contributed by atoms with Crippen molar-refractivity contribution in [1.29, 1.82) is 0 Å². The Morgan fingerprint density at radius 2 is 2.00 bits per heavy atom. The highest BCUT2D eigenvalue weighted by molar-refractivity contribution is 5.80. The van der Waals surface area contributed by atoms with E-state index in [1.807, 2.05) is 6.07 Å². The molecule has 2 heterocycles. The summed E-state index contributed by atoms with van der Waals surface area (Å²) in [5.41, 5.74) is 0.783. The Morgan fingerprint density at radius 1 is 1.30 bits per heavy atom. The van der Waals surface area contributed by atoms with Crippen LogP contribution in [0.4, 0.5) is 0 Å². The topological polar surface area (TPSA) is 100 Å². The molecule has 1 N–H and O–H groups in total. The van der Waals surface area contributed by atoms with Crippen LogP contribution >= 0.6 is 0 Å². The number of nitrogens with zero attached hydrogens (tertiary/aromatic N) is 5. The Labute approximate surface area is 139 Å². The van der Waals surface area contributed by atoms with E-state index in [0.29, 0.717) is 12.4 Å². The molecule has 2 aromatic rings. The lowest BCUT2D eigenvalue weighted by Gasteiger charge is -2.12. The summed E-state index contributed by atoms with van der Waals surface area (Å²) in [6.45, 7) is 0.0694. The van der Waals surface area contributed by atoms with E-state index in [2.05, 4.69) is 15.1 Å². The Kier molecular flexibility index (Phi) is 7.01. The number of likely N-dealkylation sites (N-methyl/N-ethyl adjacent to an activating group) is 1. The van der Waals surface area contributed by atoms with Gasteiger partial charge < -0.3 is 22.4 Å². The number of hydrogen-bond donors (Lipinski definition) is 1. The summed E-state index contributed by atoms with van der Waals surface area (Å²) in [6, 6.07) is 3.55. The highest BCUT2D eigenvalue weighted by atomic mass is 35.5. The molecule has 0 spiro atoms. The van der Waals surface area contributed by atoms with Gasteiger partial charge in [-0.05, 0) is 11.2 Å². The van der Waals surface area contributed by atoms with Crippen molar-refractivity contribution in [2.24, 2.45) is 0 Å². The lowest BCUT2D eigenvalue weighted by molar-refractivity contribution is -0.752. The molecule has 2 aromatic heterocycles. The third-order valence-electron chi connectivity index (χ3n) is 2.95.